The number of hydrogen-bond acceptors (Lipinski definition) is 4. The van der Waals surface area contributed by atoms with Gasteiger partial charge < -0.3 is 11.1 Å². The normalized spacial score (nSPS) is 10.3. The van der Waals surface area contributed by atoms with Crippen molar-refractivity contribution in [3.63, 3.8) is 0 Å². The monoisotopic (exact) mass is 269 g/mol. The molecule has 0 aliphatic heterocycles. The molecular weight excluding hydrogens is 260 g/mol. The lowest BCUT2D eigenvalue weighted by molar-refractivity contribution is 0.0942. The van der Waals surface area contributed by atoms with E-state index >= 15 is 0 Å². The highest BCUT2D eigenvalue weighted by atomic mass is 32.1. The molecule has 0 spiro atoms. The fraction of sp³-hybridized carbons (Fsp3) is 0.0909. The molecule has 0 saturated carbocycles. The zero-order chi connectivity index (χ0) is 13.1. The van der Waals surface area contributed by atoms with Gasteiger partial charge in [0.2, 0.25) is 0 Å². The number of hydrogen-bond donors (Lipinski definition) is 2. The number of thiazole rings is 1. The number of nitrogen functional groups attached to an aromatic ring is 1. The van der Waals surface area contributed by atoms with E-state index in [9.17, 15) is 13.6 Å². The molecule has 1 heterocycles. The molecule has 1 amide bonds. The molecule has 4 nitrogen and oxygen atoms in total. The van der Waals surface area contributed by atoms with Gasteiger partial charge in [0.25, 0.3) is 5.91 Å². The first-order chi connectivity index (χ1) is 8.59. The minimum atomic E-state index is -1.05. The first-order valence-corrected chi connectivity index (χ1v) is 5.92. The number of nitrogens with one attached hydrogen (secondary N) is 1. The van der Waals surface area contributed by atoms with E-state index in [4.69, 9.17) is 5.73 Å². The number of benzene rings is 1. The van der Waals surface area contributed by atoms with Crippen molar-refractivity contribution in [3.05, 3.63) is 45.9 Å². The zero-order valence-corrected chi connectivity index (χ0v) is 9.93. The maximum Gasteiger partial charge on any atom is 0.257 e. The van der Waals surface area contributed by atoms with Gasteiger partial charge in [-0.15, -0.1) is 11.3 Å². The second-order valence-electron chi connectivity index (χ2n) is 3.49. The molecule has 3 N–H and O–H groups in total. The molecule has 0 aliphatic carbocycles. The number of carbonyl (C=O) groups excluding carboxylic acids is 1. The molecule has 7 heteroatoms. The molecule has 1 aromatic heterocycles. The molecule has 0 atom stereocenters. The number of aromatic nitrogens is 1. The fourth-order valence-corrected chi connectivity index (χ4v) is 1.92. The number of rotatable bonds is 3. The van der Waals surface area contributed by atoms with Crippen molar-refractivity contribution in [3.8, 4) is 0 Å². The first kappa shape index (κ1) is 12.4. The predicted molar refractivity (Wildman–Crippen MR) is 64.1 cm³/mol. The van der Waals surface area contributed by atoms with Gasteiger partial charge in [-0.25, -0.2) is 13.8 Å². The summed E-state index contributed by atoms with van der Waals surface area (Å²) >= 11 is 1.37. The molecule has 0 unspecified atom stereocenters. The van der Waals surface area contributed by atoms with Crippen LogP contribution in [0.4, 0.5) is 14.5 Å². The highest BCUT2D eigenvalue weighted by Gasteiger charge is 2.19. The topological polar surface area (TPSA) is 68.0 Å². The van der Waals surface area contributed by atoms with Crippen LogP contribution in [0.3, 0.4) is 0 Å². The summed E-state index contributed by atoms with van der Waals surface area (Å²) in [5.41, 5.74) is 6.57. The number of carbonyl (C=O) groups is 1. The average molecular weight is 269 g/mol. The summed E-state index contributed by atoms with van der Waals surface area (Å²) in [6, 6.07) is 2.03. The summed E-state index contributed by atoms with van der Waals surface area (Å²) in [6.07, 6.45) is 0. The Labute approximate surface area is 105 Å². The van der Waals surface area contributed by atoms with Gasteiger partial charge in [-0.05, 0) is 12.1 Å². The molecule has 0 fully saturated rings. The molecule has 1 aromatic carbocycles. The van der Waals surface area contributed by atoms with Crippen LogP contribution in [0.1, 0.15) is 16.1 Å². The molecule has 0 aliphatic rings. The van der Waals surface area contributed by atoms with Crippen LogP contribution in [0.5, 0.6) is 0 Å². The van der Waals surface area contributed by atoms with Crippen LogP contribution in [0, 0.1) is 11.6 Å². The minimum Gasteiger partial charge on any atom is -0.396 e. The second-order valence-corrected chi connectivity index (χ2v) is 4.21. The van der Waals surface area contributed by atoms with Crippen LogP contribution in [-0.2, 0) is 6.54 Å². The van der Waals surface area contributed by atoms with Gasteiger partial charge in [0, 0.05) is 5.38 Å². The Morgan fingerprint density at radius 3 is 2.89 bits per heavy atom. The highest BCUT2D eigenvalue weighted by Crippen LogP contribution is 2.18. The Balaban J connectivity index is 2.16. The van der Waals surface area contributed by atoms with Crippen molar-refractivity contribution in [1.29, 1.82) is 0 Å². The number of halogens is 2. The maximum atomic E-state index is 13.5. The van der Waals surface area contributed by atoms with E-state index < -0.39 is 23.1 Å². The van der Waals surface area contributed by atoms with Crippen LogP contribution in [-0.4, -0.2) is 10.9 Å². The maximum absolute atomic E-state index is 13.5. The molecule has 18 heavy (non-hydrogen) atoms. The molecule has 0 saturated heterocycles. The smallest absolute Gasteiger partial charge is 0.257 e. The molecule has 0 bridgehead atoms. The standard InChI is InChI=1S/C11H9F2N3OS/c12-7-1-2-8(14)10(13)9(7)11(17)15-3-6-4-18-5-16-6/h1-2,4-5H,3,14H2,(H,15,17). The van der Waals surface area contributed by atoms with Crippen molar-refractivity contribution in [2.75, 3.05) is 5.73 Å². The summed E-state index contributed by atoms with van der Waals surface area (Å²) in [6.45, 7) is 0.107. The van der Waals surface area contributed by atoms with Gasteiger partial charge in [-0.1, -0.05) is 0 Å². The number of amides is 1. The number of nitrogens with two attached hydrogens (primary N) is 1. The van der Waals surface area contributed by atoms with Crippen LogP contribution < -0.4 is 11.1 Å². The molecule has 0 radical (unpaired) electrons. The third-order valence-corrected chi connectivity index (χ3v) is 2.90. The molecule has 2 aromatic rings. The predicted octanol–water partition coefficient (Wildman–Crippen LogP) is 1.93. The lowest BCUT2D eigenvalue weighted by atomic mass is 10.1. The highest BCUT2D eigenvalue weighted by molar-refractivity contribution is 7.07. The minimum absolute atomic E-state index is 0.107. The van der Waals surface area contributed by atoms with Gasteiger partial charge in [-0.2, -0.15) is 0 Å². The van der Waals surface area contributed by atoms with E-state index in [1.165, 1.54) is 11.3 Å². The van der Waals surface area contributed by atoms with E-state index in [2.05, 4.69) is 10.3 Å². The second kappa shape index (κ2) is 5.09. The Bertz CT molecular complexity index is 572. The first-order valence-electron chi connectivity index (χ1n) is 4.98. The van der Waals surface area contributed by atoms with Crippen molar-refractivity contribution < 1.29 is 13.6 Å². The fourth-order valence-electron chi connectivity index (χ4n) is 1.36. The van der Waals surface area contributed by atoms with Crippen LogP contribution in [0.25, 0.3) is 0 Å². The largest absolute Gasteiger partial charge is 0.396 e. The Morgan fingerprint density at radius 2 is 2.22 bits per heavy atom. The van der Waals surface area contributed by atoms with Gasteiger partial charge in [0.15, 0.2) is 5.82 Å². The van der Waals surface area contributed by atoms with E-state index in [0.29, 0.717) is 5.69 Å². The van der Waals surface area contributed by atoms with E-state index in [1.54, 1.807) is 10.9 Å². The van der Waals surface area contributed by atoms with Gasteiger partial charge in [0.05, 0.1) is 23.4 Å². The van der Waals surface area contributed by atoms with Crippen molar-refractivity contribution in [1.82, 2.24) is 10.3 Å². The van der Waals surface area contributed by atoms with Crippen molar-refractivity contribution >= 4 is 22.9 Å². The summed E-state index contributed by atoms with van der Waals surface area (Å²) in [5, 5.41) is 4.11. The van der Waals surface area contributed by atoms with Gasteiger partial charge in [0.1, 0.15) is 11.4 Å². The zero-order valence-electron chi connectivity index (χ0n) is 9.11. The summed E-state index contributed by atoms with van der Waals surface area (Å²) in [4.78, 5) is 15.6. The van der Waals surface area contributed by atoms with Crippen molar-refractivity contribution in [2.45, 2.75) is 6.54 Å². The lowest BCUT2D eigenvalue weighted by Gasteiger charge is -2.07. The Morgan fingerprint density at radius 1 is 1.44 bits per heavy atom. The molecule has 2 rings (SSSR count). The summed E-state index contributed by atoms with van der Waals surface area (Å²) < 4.78 is 26.9. The Hall–Kier alpha value is -2.02. The molecule has 94 valence electrons. The number of anilines is 1. The van der Waals surface area contributed by atoms with E-state index in [1.807, 2.05) is 0 Å². The quantitative estimate of drug-likeness (QED) is 0.837. The third-order valence-electron chi connectivity index (χ3n) is 2.26. The van der Waals surface area contributed by atoms with Crippen LogP contribution >= 0.6 is 11.3 Å². The SMILES string of the molecule is Nc1ccc(F)c(C(=O)NCc2cscn2)c1F. The van der Waals surface area contributed by atoms with E-state index in [0.717, 1.165) is 12.1 Å². The summed E-state index contributed by atoms with van der Waals surface area (Å²) in [5.74, 6) is -2.85. The molecular formula is C11H9F2N3OS. The number of nitrogens with zero attached hydrogens (tertiary/aromatic N) is 1. The van der Waals surface area contributed by atoms with E-state index in [-0.39, 0.29) is 12.2 Å². The summed E-state index contributed by atoms with van der Waals surface area (Å²) in [7, 11) is 0. The average Bonchev–Trinajstić information content (AvgIpc) is 2.85. The third kappa shape index (κ3) is 2.45. The lowest BCUT2D eigenvalue weighted by Crippen LogP contribution is -2.25. The van der Waals surface area contributed by atoms with Crippen molar-refractivity contribution in [2.24, 2.45) is 0 Å². The van der Waals surface area contributed by atoms with Gasteiger partial charge >= 0.3 is 0 Å². The van der Waals surface area contributed by atoms with Gasteiger partial charge in [-0.3, -0.25) is 4.79 Å². The van der Waals surface area contributed by atoms with Crippen LogP contribution in [0.2, 0.25) is 0 Å². The van der Waals surface area contributed by atoms with Crippen LogP contribution in [0.15, 0.2) is 23.0 Å². The Kier molecular flexibility index (Phi) is 3.52.